The largest absolute Gasteiger partial charge is 0 e. The van der Waals surface area contributed by atoms with E-state index in [2.05, 4.69) is 41.5 Å². The summed E-state index contributed by atoms with van der Waals surface area (Å²) >= 11 is -2.64. The Morgan fingerprint density at radius 1 is 0.600 bits per heavy atom. The van der Waals surface area contributed by atoms with Crippen LogP contribution < -0.4 is 0 Å². The summed E-state index contributed by atoms with van der Waals surface area (Å²) in [6, 6.07) is 0. The van der Waals surface area contributed by atoms with Gasteiger partial charge in [-0.1, -0.05) is 0 Å². The maximum atomic E-state index is 5.88. The minimum atomic E-state index is -2.64. The minimum absolute atomic E-state index is 0. The molecule has 3 nitrogen and oxygen atoms in total. The maximum Gasteiger partial charge on any atom is 0 e. The molecule has 0 atom stereocenters. The number of rotatable bonds is 12. The van der Waals surface area contributed by atoms with Crippen LogP contribution in [0.25, 0.3) is 0 Å². The van der Waals surface area contributed by atoms with Crippen molar-refractivity contribution in [1.29, 1.82) is 0 Å². The molecule has 0 N–H and O–H groups in total. The van der Waals surface area contributed by atoms with Crippen molar-refractivity contribution in [2.75, 3.05) is 19.8 Å². The third kappa shape index (κ3) is 17.7. The van der Waals surface area contributed by atoms with Crippen molar-refractivity contribution in [1.82, 2.24) is 0 Å². The summed E-state index contributed by atoms with van der Waals surface area (Å²) < 4.78 is 17.6. The van der Waals surface area contributed by atoms with Crippen LogP contribution in [0.1, 0.15) is 60.8 Å². The van der Waals surface area contributed by atoms with Crippen molar-refractivity contribution < 1.29 is 8.56 Å². The predicted molar refractivity (Wildman–Crippen MR) is 87.7 cm³/mol. The predicted octanol–water partition coefficient (Wildman–Crippen LogP) is 3.78. The first kappa shape index (κ1) is 23.9. The second kappa shape index (κ2) is 15.5. The molecule has 5 heteroatoms. The molecule has 0 rings (SSSR count). The number of hydrogen-bond donors (Lipinski definition) is 0. The zero-order chi connectivity index (χ0) is 14.7. The van der Waals surface area contributed by atoms with E-state index in [0.29, 0.717) is 17.8 Å². The van der Waals surface area contributed by atoms with Crippen LogP contribution in [0.5, 0.6) is 0 Å². The van der Waals surface area contributed by atoms with Gasteiger partial charge < -0.3 is 0 Å². The average molecular weight is 491 g/mol. The molecule has 0 unspecified atom stereocenters. The van der Waals surface area contributed by atoms with Crippen LogP contribution >= 0.6 is 0 Å². The van der Waals surface area contributed by atoms with Gasteiger partial charge in [0, 0.05) is 25.8 Å². The van der Waals surface area contributed by atoms with E-state index in [-0.39, 0.29) is 25.8 Å². The maximum absolute atomic E-state index is 5.88. The fourth-order valence-corrected chi connectivity index (χ4v) is 4.98. The van der Waals surface area contributed by atoms with E-state index in [1.807, 2.05) is 0 Å². The summed E-state index contributed by atoms with van der Waals surface area (Å²) in [4.78, 5) is 0. The van der Waals surface area contributed by atoms with E-state index in [0.717, 1.165) is 39.1 Å². The van der Waals surface area contributed by atoms with Crippen LogP contribution in [0.4, 0.5) is 0 Å². The molecular weight excluding hydrogens is 458 g/mol. The van der Waals surface area contributed by atoms with Gasteiger partial charge in [-0.05, 0) is 0 Å². The van der Waals surface area contributed by atoms with Gasteiger partial charge in [-0.3, -0.25) is 0 Å². The third-order valence-corrected chi connectivity index (χ3v) is 7.20. The Morgan fingerprint density at radius 3 is 1.05 bits per heavy atom. The minimum Gasteiger partial charge on any atom is 0 e. The van der Waals surface area contributed by atoms with Crippen LogP contribution in [0.2, 0.25) is 0 Å². The first-order chi connectivity index (χ1) is 8.91. The fourth-order valence-electron chi connectivity index (χ4n) is 1.34. The molecule has 0 amide bonds. The van der Waals surface area contributed by atoms with Crippen LogP contribution in [-0.4, -0.2) is 68.4 Å². The van der Waals surface area contributed by atoms with Crippen LogP contribution in [-0.2, 0) is 8.56 Å². The van der Waals surface area contributed by atoms with Gasteiger partial charge in [0.1, 0.15) is 0 Å². The molecule has 0 spiro atoms. The quantitative estimate of drug-likeness (QED) is 0.417. The zero-order valence-corrected chi connectivity index (χ0v) is 20.9. The van der Waals surface area contributed by atoms with E-state index < -0.39 is 22.7 Å². The molecule has 0 aliphatic heterocycles. The third-order valence-electron chi connectivity index (χ3n) is 2.85. The summed E-state index contributed by atoms with van der Waals surface area (Å²) in [6.45, 7) is 15.7. The Morgan fingerprint density at radius 2 is 0.850 bits per heavy atom. The van der Waals surface area contributed by atoms with Gasteiger partial charge in [0.05, 0.1) is 0 Å². The standard InChI is InChI=1S/3C5H11O.2In/c3*1-5(2)3-4-6;;/h3*5H,3-4H2,1-2H3;;/q3*-1;;+3. The van der Waals surface area contributed by atoms with Gasteiger partial charge in [-0.2, -0.15) is 0 Å². The van der Waals surface area contributed by atoms with E-state index in [1.54, 1.807) is 0 Å². The van der Waals surface area contributed by atoms with Crippen molar-refractivity contribution in [2.45, 2.75) is 60.8 Å². The van der Waals surface area contributed by atoms with Crippen LogP contribution in [0, 0.1) is 17.8 Å². The molecule has 117 valence electrons. The Labute approximate surface area is 154 Å². The second-order valence-corrected chi connectivity index (χ2v) is 11.0. The van der Waals surface area contributed by atoms with Crippen molar-refractivity contribution in [3.8, 4) is 0 Å². The smallest absolute Gasteiger partial charge is 0 e. The molecule has 0 aromatic heterocycles. The Bertz CT molecular complexity index is 166. The van der Waals surface area contributed by atoms with Gasteiger partial charge in [-0.15, -0.1) is 0 Å². The summed E-state index contributed by atoms with van der Waals surface area (Å²) in [6.07, 6.45) is 3.28. The summed E-state index contributed by atoms with van der Waals surface area (Å²) in [5.74, 6) is 2.04. The first-order valence-corrected chi connectivity index (χ1v) is 11.8. The molecule has 0 heterocycles. The molecule has 0 aliphatic carbocycles. The van der Waals surface area contributed by atoms with Gasteiger partial charge in [0.2, 0.25) is 0 Å². The number of hydrogen-bond acceptors (Lipinski definition) is 3. The van der Waals surface area contributed by atoms with Crippen LogP contribution in [0.3, 0.4) is 0 Å². The Hall–Kier alpha value is 1.62. The molecule has 0 aromatic carbocycles. The molecule has 0 aliphatic rings. The van der Waals surface area contributed by atoms with Gasteiger partial charge in [0.25, 0.3) is 0 Å². The molecule has 3 radical (unpaired) electrons. The fraction of sp³-hybridized carbons (Fsp3) is 1.00. The molecule has 0 fully saturated rings. The summed E-state index contributed by atoms with van der Waals surface area (Å²) in [5.41, 5.74) is 0. The van der Waals surface area contributed by atoms with Gasteiger partial charge in [0.15, 0.2) is 0 Å². The van der Waals surface area contributed by atoms with E-state index in [4.69, 9.17) is 8.56 Å². The molecule has 0 aromatic rings. The van der Waals surface area contributed by atoms with E-state index in [1.165, 1.54) is 0 Å². The summed E-state index contributed by atoms with van der Waals surface area (Å²) in [7, 11) is 0. The van der Waals surface area contributed by atoms with Crippen molar-refractivity contribution >= 4 is 48.6 Å². The molecule has 20 heavy (non-hydrogen) atoms. The van der Waals surface area contributed by atoms with Gasteiger partial charge in [-0.25, -0.2) is 0 Å². The molecule has 0 bridgehead atoms. The second-order valence-electron chi connectivity index (χ2n) is 6.45. The molecule has 0 saturated carbocycles. The zero-order valence-electron chi connectivity index (χ0n) is 14.4. The molecule has 0 saturated heterocycles. The van der Waals surface area contributed by atoms with Crippen molar-refractivity contribution in [3.05, 3.63) is 0 Å². The Balaban J connectivity index is 0. The first-order valence-electron chi connectivity index (χ1n) is 7.76. The van der Waals surface area contributed by atoms with Gasteiger partial charge >= 0.3 is 130 Å². The Kier molecular flexibility index (Phi) is 18.5. The van der Waals surface area contributed by atoms with Crippen molar-refractivity contribution in [3.63, 3.8) is 0 Å². The monoisotopic (exact) mass is 491 g/mol. The van der Waals surface area contributed by atoms with Crippen LogP contribution in [0.15, 0.2) is 0 Å². The molecular formula is C15H33In2O3. The van der Waals surface area contributed by atoms with Crippen molar-refractivity contribution in [2.24, 2.45) is 17.8 Å². The van der Waals surface area contributed by atoms with E-state index in [9.17, 15) is 0 Å². The average Bonchev–Trinajstić information content (AvgIpc) is 2.26. The summed E-state index contributed by atoms with van der Waals surface area (Å²) in [5, 5.41) is 0. The topological polar surface area (TPSA) is 27.7 Å². The normalized spacial score (nSPS) is 11.2. The SMILES string of the molecule is CC(C)CC[O][In]([O]CCC(C)C)[O]CCC(C)C.[In]. The van der Waals surface area contributed by atoms with E-state index >= 15 is 0 Å².